The first-order chi connectivity index (χ1) is 6.18. The van der Waals surface area contributed by atoms with E-state index in [1.54, 1.807) is 13.2 Å². The molecule has 4 heteroatoms. The summed E-state index contributed by atoms with van der Waals surface area (Å²) in [6.45, 7) is 1.92. The Morgan fingerprint density at radius 2 is 2.15 bits per heavy atom. The molecule has 0 spiro atoms. The monoisotopic (exact) mass is 175 g/mol. The first-order valence-electron chi connectivity index (χ1n) is 3.96. The molecule has 0 atom stereocenters. The molecule has 0 aliphatic rings. The Morgan fingerprint density at radius 3 is 2.92 bits per heavy atom. The molecule has 0 unspecified atom stereocenters. The van der Waals surface area contributed by atoms with Crippen molar-refractivity contribution in [3.63, 3.8) is 0 Å². The molecule has 13 heavy (non-hydrogen) atoms. The minimum absolute atomic E-state index is 0.106. The van der Waals surface area contributed by atoms with Gasteiger partial charge in [-0.05, 0) is 18.6 Å². The number of aryl methyl sites for hydroxylation is 2. The molecule has 0 saturated carbocycles. The van der Waals surface area contributed by atoms with E-state index in [4.69, 9.17) is 0 Å². The summed E-state index contributed by atoms with van der Waals surface area (Å²) in [5, 5.41) is 0. The van der Waals surface area contributed by atoms with Crippen molar-refractivity contribution in [2.75, 3.05) is 0 Å². The predicted molar refractivity (Wildman–Crippen MR) is 49.5 cm³/mol. The fraction of sp³-hybridized carbons (Fsp3) is 0.222. The second-order valence-electron chi connectivity index (χ2n) is 3.04. The van der Waals surface area contributed by atoms with Crippen LogP contribution in [0.2, 0.25) is 0 Å². The summed E-state index contributed by atoms with van der Waals surface area (Å²) in [6.07, 6.45) is 3.18. The van der Waals surface area contributed by atoms with Gasteiger partial charge in [-0.1, -0.05) is 0 Å². The van der Waals surface area contributed by atoms with Crippen LogP contribution < -0.4 is 5.56 Å². The second-order valence-corrected chi connectivity index (χ2v) is 3.04. The smallest absolute Gasteiger partial charge is 0.279 e. The van der Waals surface area contributed by atoms with Crippen molar-refractivity contribution in [3.05, 3.63) is 34.5 Å². The summed E-state index contributed by atoms with van der Waals surface area (Å²) in [6, 6.07) is 1.85. The molecule has 0 radical (unpaired) electrons. The van der Waals surface area contributed by atoms with E-state index in [9.17, 15) is 4.79 Å². The van der Waals surface area contributed by atoms with Crippen LogP contribution in [0.5, 0.6) is 0 Å². The molecule has 0 saturated heterocycles. The topological polar surface area (TPSA) is 47.8 Å². The van der Waals surface area contributed by atoms with Crippen molar-refractivity contribution in [1.29, 1.82) is 0 Å². The Morgan fingerprint density at radius 1 is 1.38 bits per heavy atom. The van der Waals surface area contributed by atoms with Gasteiger partial charge in [0.2, 0.25) is 0 Å². The molecule has 0 amide bonds. The lowest BCUT2D eigenvalue weighted by Crippen LogP contribution is -2.17. The van der Waals surface area contributed by atoms with Gasteiger partial charge >= 0.3 is 0 Å². The summed E-state index contributed by atoms with van der Waals surface area (Å²) < 4.78 is 1.42. The third-order valence-electron chi connectivity index (χ3n) is 1.90. The normalized spacial score (nSPS) is 10.6. The molecule has 2 aromatic rings. The number of fused-ring (bicyclic) bond motifs is 1. The highest BCUT2D eigenvalue weighted by atomic mass is 16.1. The zero-order valence-corrected chi connectivity index (χ0v) is 7.48. The van der Waals surface area contributed by atoms with E-state index in [2.05, 4.69) is 9.97 Å². The van der Waals surface area contributed by atoms with Crippen LogP contribution in [-0.2, 0) is 7.05 Å². The number of aromatic nitrogens is 3. The van der Waals surface area contributed by atoms with E-state index in [1.807, 2.05) is 13.0 Å². The zero-order valence-electron chi connectivity index (χ0n) is 7.48. The van der Waals surface area contributed by atoms with Crippen LogP contribution in [0.25, 0.3) is 11.0 Å². The van der Waals surface area contributed by atoms with Crippen LogP contribution in [0.1, 0.15) is 5.56 Å². The number of pyridine rings is 1. The molecule has 0 N–H and O–H groups in total. The minimum atomic E-state index is -0.106. The van der Waals surface area contributed by atoms with Crippen LogP contribution in [0.15, 0.2) is 23.4 Å². The summed E-state index contributed by atoms with van der Waals surface area (Å²) in [7, 11) is 1.66. The van der Waals surface area contributed by atoms with E-state index >= 15 is 0 Å². The fourth-order valence-electron chi connectivity index (χ4n) is 1.19. The van der Waals surface area contributed by atoms with Crippen LogP contribution in [-0.4, -0.2) is 14.5 Å². The molecule has 0 fully saturated rings. The molecule has 2 heterocycles. The van der Waals surface area contributed by atoms with Gasteiger partial charge in [-0.3, -0.25) is 4.79 Å². The van der Waals surface area contributed by atoms with E-state index < -0.39 is 0 Å². The van der Waals surface area contributed by atoms with Gasteiger partial charge in [0.1, 0.15) is 0 Å². The second kappa shape index (κ2) is 2.65. The average molecular weight is 175 g/mol. The maximum Gasteiger partial charge on any atom is 0.279 e. The molecular formula is C9H9N3O. The summed E-state index contributed by atoms with van der Waals surface area (Å²) in [5.41, 5.74) is 1.98. The lowest BCUT2D eigenvalue weighted by atomic mass is 10.3. The van der Waals surface area contributed by atoms with Crippen molar-refractivity contribution in [2.45, 2.75) is 6.92 Å². The average Bonchev–Trinajstić information content (AvgIpc) is 2.12. The van der Waals surface area contributed by atoms with Crippen molar-refractivity contribution in [2.24, 2.45) is 7.05 Å². The fourth-order valence-corrected chi connectivity index (χ4v) is 1.19. The molecular weight excluding hydrogens is 166 g/mol. The highest BCUT2D eigenvalue weighted by molar-refractivity contribution is 5.72. The standard InChI is InChI=1S/C9H9N3O/c1-6-3-7-8(10-4-6)9(13)12(2)5-11-7/h3-5H,1-2H3. The third-order valence-corrected chi connectivity index (χ3v) is 1.90. The van der Waals surface area contributed by atoms with Gasteiger partial charge in [0.05, 0.1) is 11.8 Å². The summed E-state index contributed by atoms with van der Waals surface area (Å²) in [5.74, 6) is 0. The van der Waals surface area contributed by atoms with E-state index in [-0.39, 0.29) is 5.56 Å². The molecule has 4 nitrogen and oxygen atoms in total. The zero-order chi connectivity index (χ0) is 9.42. The van der Waals surface area contributed by atoms with Crippen LogP contribution >= 0.6 is 0 Å². The van der Waals surface area contributed by atoms with Gasteiger partial charge < -0.3 is 4.57 Å². The van der Waals surface area contributed by atoms with Crippen molar-refractivity contribution < 1.29 is 0 Å². The highest BCUT2D eigenvalue weighted by Gasteiger charge is 2.01. The number of hydrogen-bond acceptors (Lipinski definition) is 3. The lowest BCUT2D eigenvalue weighted by molar-refractivity contribution is 0.838. The first kappa shape index (κ1) is 7.91. The van der Waals surface area contributed by atoms with E-state index in [0.29, 0.717) is 11.0 Å². The largest absolute Gasteiger partial charge is 0.301 e. The quantitative estimate of drug-likeness (QED) is 0.590. The third kappa shape index (κ3) is 1.20. The van der Waals surface area contributed by atoms with Gasteiger partial charge in [0.25, 0.3) is 5.56 Å². The van der Waals surface area contributed by atoms with Crippen LogP contribution in [0, 0.1) is 6.92 Å². The van der Waals surface area contributed by atoms with E-state index in [0.717, 1.165) is 5.56 Å². The van der Waals surface area contributed by atoms with Gasteiger partial charge in [-0.2, -0.15) is 0 Å². The van der Waals surface area contributed by atoms with Gasteiger partial charge in [0.15, 0.2) is 5.52 Å². The van der Waals surface area contributed by atoms with Crippen molar-refractivity contribution in [1.82, 2.24) is 14.5 Å². The van der Waals surface area contributed by atoms with Crippen molar-refractivity contribution in [3.8, 4) is 0 Å². The Hall–Kier alpha value is -1.71. The molecule has 0 aromatic carbocycles. The maximum absolute atomic E-state index is 11.5. The highest BCUT2D eigenvalue weighted by Crippen LogP contribution is 2.04. The summed E-state index contributed by atoms with van der Waals surface area (Å²) in [4.78, 5) is 19.6. The molecule has 0 aliphatic carbocycles. The Labute approximate surface area is 74.9 Å². The van der Waals surface area contributed by atoms with Gasteiger partial charge in [-0.15, -0.1) is 0 Å². The van der Waals surface area contributed by atoms with Gasteiger partial charge in [-0.25, -0.2) is 9.97 Å². The van der Waals surface area contributed by atoms with Crippen molar-refractivity contribution >= 4 is 11.0 Å². The van der Waals surface area contributed by atoms with Crippen LogP contribution in [0.3, 0.4) is 0 Å². The molecule has 0 bridgehead atoms. The lowest BCUT2D eigenvalue weighted by Gasteiger charge is -1.99. The van der Waals surface area contributed by atoms with E-state index in [1.165, 1.54) is 10.9 Å². The van der Waals surface area contributed by atoms with Crippen LogP contribution in [0.4, 0.5) is 0 Å². The Kier molecular flexibility index (Phi) is 1.62. The van der Waals surface area contributed by atoms with Gasteiger partial charge in [0, 0.05) is 13.2 Å². The molecule has 2 aromatic heterocycles. The molecule has 0 aliphatic heterocycles. The Balaban J connectivity index is 2.95. The molecule has 2 rings (SSSR count). The minimum Gasteiger partial charge on any atom is -0.301 e. The number of nitrogens with zero attached hydrogens (tertiary/aromatic N) is 3. The Bertz CT molecular complexity index is 516. The first-order valence-corrected chi connectivity index (χ1v) is 3.96. The molecule has 66 valence electrons. The number of hydrogen-bond donors (Lipinski definition) is 0. The number of rotatable bonds is 0. The SMILES string of the molecule is Cc1cnc2c(=O)n(C)cnc2c1. The summed E-state index contributed by atoms with van der Waals surface area (Å²) >= 11 is 0. The maximum atomic E-state index is 11.5. The predicted octanol–water partition coefficient (Wildman–Crippen LogP) is 0.637.